The van der Waals surface area contributed by atoms with Gasteiger partial charge < -0.3 is 23.7 Å². The topological polar surface area (TPSA) is 63.7 Å². The average molecular weight is 367 g/mol. The number of furan rings is 1. The van der Waals surface area contributed by atoms with Crippen LogP contribution in [0.4, 0.5) is 0 Å². The van der Waals surface area contributed by atoms with Crippen molar-refractivity contribution in [1.82, 2.24) is 14.5 Å². The molecular formula is C21H25N3O3. The highest BCUT2D eigenvalue weighted by Crippen LogP contribution is 2.30. The summed E-state index contributed by atoms with van der Waals surface area (Å²) in [6, 6.07) is 11.6. The van der Waals surface area contributed by atoms with Crippen LogP contribution in [0.25, 0.3) is 22.9 Å². The maximum Gasteiger partial charge on any atom is 0.176 e. The van der Waals surface area contributed by atoms with Crippen LogP contribution in [-0.2, 0) is 6.54 Å². The minimum atomic E-state index is -0.701. The standard InChI is InChI=1S/C21H25N3O3/c1-23-12-9-21(25,10-13-23)15-24-14-11-22-20(24)19-8-7-18(27-19)16-3-5-17(26-2)6-4-16/h3-8,11,14,25H,9-10,12-13,15H2,1-2H3. The Labute approximate surface area is 159 Å². The van der Waals surface area contributed by atoms with Crippen LogP contribution in [0.1, 0.15) is 12.8 Å². The van der Waals surface area contributed by atoms with Crippen molar-refractivity contribution < 1.29 is 14.3 Å². The van der Waals surface area contributed by atoms with E-state index >= 15 is 0 Å². The van der Waals surface area contributed by atoms with Gasteiger partial charge in [0, 0.05) is 31.0 Å². The second kappa shape index (κ2) is 7.21. The molecule has 6 heteroatoms. The Morgan fingerprint density at radius 2 is 1.81 bits per heavy atom. The number of nitrogens with zero attached hydrogens (tertiary/aromatic N) is 3. The molecule has 0 amide bonds. The molecule has 6 nitrogen and oxygen atoms in total. The molecule has 2 aromatic heterocycles. The number of imidazole rings is 1. The van der Waals surface area contributed by atoms with E-state index in [1.54, 1.807) is 13.3 Å². The van der Waals surface area contributed by atoms with Gasteiger partial charge >= 0.3 is 0 Å². The third-order valence-electron chi connectivity index (χ3n) is 5.30. The zero-order valence-electron chi connectivity index (χ0n) is 15.8. The number of benzene rings is 1. The highest BCUT2D eigenvalue weighted by molar-refractivity contribution is 5.62. The lowest BCUT2D eigenvalue weighted by Crippen LogP contribution is -2.45. The quantitative estimate of drug-likeness (QED) is 0.750. The van der Waals surface area contributed by atoms with Crippen LogP contribution in [0.15, 0.2) is 53.2 Å². The van der Waals surface area contributed by atoms with Crippen LogP contribution in [-0.4, -0.2) is 52.4 Å². The summed E-state index contributed by atoms with van der Waals surface area (Å²) in [7, 11) is 3.74. The summed E-state index contributed by atoms with van der Waals surface area (Å²) >= 11 is 0. The molecule has 3 heterocycles. The van der Waals surface area contributed by atoms with Crippen LogP contribution in [0.2, 0.25) is 0 Å². The fraction of sp³-hybridized carbons (Fsp3) is 0.381. The van der Waals surface area contributed by atoms with E-state index in [1.165, 1.54) is 0 Å². The van der Waals surface area contributed by atoms with E-state index in [0.717, 1.165) is 48.8 Å². The number of aliphatic hydroxyl groups is 1. The van der Waals surface area contributed by atoms with Gasteiger partial charge in [-0.1, -0.05) is 0 Å². The number of aromatic nitrogens is 2. The second-order valence-electron chi connectivity index (χ2n) is 7.30. The smallest absolute Gasteiger partial charge is 0.176 e. The summed E-state index contributed by atoms with van der Waals surface area (Å²) in [6.45, 7) is 2.33. The molecular weight excluding hydrogens is 342 g/mol. The fourth-order valence-electron chi connectivity index (χ4n) is 3.54. The van der Waals surface area contributed by atoms with Crippen LogP contribution >= 0.6 is 0 Å². The minimum Gasteiger partial charge on any atom is -0.497 e. The summed E-state index contributed by atoms with van der Waals surface area (Å²) in [6.07, 6.45) is 5.18. The molecule has 3 aromatic rings. The highest BCUT2D eigenvalue weighted by Gasteiger charge is 2.32. The van der Waals surface area contributed by atoms with Gasteiger partial charge in [-0.3, -0.25) is 0 Å². The van der Waals surface area contributed by atoms with E-state index in [-0.39, 0.29) is 0 Å². The first kappa shape index (κ1) is 17.8. The molecule has 142 valence electrons. The van der Waals surface area contributed by atoms with E-state index in [4.69, 9.17) is 9.15 Å². The zero-order chi connectivity index (χ0) is 18.9. The number of ether oxygens (including phenoxy) is 1. The van der Waals surface area contributed by atoms with Crippen molar-refractivity contribution in [2.24, 2.45) is 0 Å². The van der Waals surface area contributed by atoms with Gasteiger partial charge in [-0.25, -0.2) is 4.98 Å². The van der Waals surface area contributed by atoms with Crippen molar-refractivity contribution in [3.8, 4) is 28.7 Å². The lowest BCUT2D eigenvalue weighted by atomic mass is 9.91. The van der Waals surface area contributed by atoms with Gasteiger partial charge in [0.25, 0.3) is 0 Å². The minimum absolute atomic E-state index is 0.523. The maximum atomic E-state index is 10.9. The molecule has 4 rings (SSSR count). The number of hydrogen-bond donors (Lipinski definition) is 1. The van der Waals surface area contributed by atoms with E-state index in [9.17, 15) is 5.11 Å². The Kier molecular flexibility index (Phi) is 4.76. The molecule has 1 aliphatic rings. The third-order valence-corrected chi connectivity index (χ3v) is 5.30. The van der Waals surface area contributed by atoms with E-state index < -0.39 is 5.60 Å². The van der Waals surface area contributed by atoms with Crippen molar-refractivity contribution >= 4 is 0 Å². The number of rotatable bonds is 5. The SMILES string of the molecule is COc1ccc(-c2ccc(-c3nccn3CC3(O)CCN(C)CC3)o2)cc1. The molecule has 1 fully saturated rings. The molecule has 1 saturated heterocycles. The molecule has 0 spiro atoms. The number of piperidine rings is 1. The fourth-order valence-corrected chi connectivity index (χ4v) is 3.54. The first-order valence-electron chi connectivity index (χ1n) is 9.23. The van der Waals surface area contributed by atoms with Gasteiger partial charge in [0.05, 0.1) is 19.3 Å². The van der Waals surface area contributed by atoms with Crippen molar-refractivity contribution in [1.29, 1.82) is 0 Å². The van der Waals surface area contributed by atoms with E-state index in [1.807, 2.05) is 47.2 Å². The lowest BCUT2D eigenvalue weighted by molar-refractivity contribution is -0.0288. The monoisotopic (exact) mass is 367 g/mol. The summed E-state index contributed by atoms with van der Waals surface area (Å²) in [4.78, 5) is 6.71. The zero-order valence-corrected chi connectivity index (χ0v) is 15.8. The molecule has 0 aliphatic carbocycles. The van der Waals surface area contributed by atoms with Crippen LogP contribution < -0.4 is 4.74 Å². The normalized spacial score (nSPS) is 17.1. The van der Waals surface area contributed by atoms with E-state index in [0.29, 0.717) is 12.3 Å². The van der Waals surface area contributed by atoms with Crippen molar-refractivity contribution in [3.63, 3.8) is 0 Å². The first-order valence-corrected chi connectivity index (χ1v) is 9.23. The van der Waals surface area contributed by atoms with Crippen LogP contribution in [0.5, 0.6) is 5.75 Å². The Morgan fingerprint density at radius 3 is 2.52 bits per heavy atom. The Hall–Kier alpha value is -2.57. The summed E-state index contributed by atoms with van der Waals surface area (Å²) < 4.78 is 13.2. The van der Waals surface area contributed by atoms with Gasteiger partial charge in [0.15, 0.2) is 11.6 Å². The molecule has 0 radical (unpaired) electrons. The predicted molar refractivity (Wildman–Crippen MR) is 104 cm³/mol. The Balaban J connectivity index is 1.55. The van der Waals surface area contributed by atoms with E-state index in [2.05, 4.69) is 16.9 Å². The second-order valence-corrected chi connectivity index (χ2v) is 7.30. The molecule has 0 atom stereocenters. The van der Waals surface area contributed by atoms with Gasteiger partial charge in [0.1, 0.15) is 11.5 Å². The van der Waals surface area contributed by atoms with Crippen molar-refractivity contribution in [3.05, 3.63) is 48.8 Å². The van der Waals surface area contributed by atoms with Gasteiger partial charge in [-0.2, -0.15) is 0 Å². The Morgan fingerprint density at radius 1 is 1.11 bits per heavy atom. The Bertz CT molecular complexity index is 890. The van der Waals surface area contributed by atoms with Gasteiger partial charge in [0.2, 0.25) is 0 Å². The van der Waals surface area contributed by atoms with Crippen LogP contribution in [0.3, 0.4) is 0 Å². The number of methoxy groups -OCH3 is 1. The van der Waals surface area contributed by atoms with Crippen molar-refractivity contribution in [2.45, 2.75) is 25.0 Å². The predicted octanol–water partition coefficient (Wildman–Crippen LogP) is 3.28. The average Bonchev–Trinajstić information content (AvgIpc) is 3.34. The van der Waals surface area contributed by atoms with Gasteiger partial charge in [-0.05, 0) is 56.3 Å². The third kappa shape index (κ3) is 3.77. The lowest BCUT2D eigenvalue weighted by Gasteiger charge is -2.36. The largest absolute Gasteiger partial charge is 0.497 e. The van der Waals surface area contributed by atoms with Crippen LogP contribution in [0, 0.1) is 0 Å². The maximum absolute atomic E-state index is 10.9. The molecule has 0 bridgehead atoms. The van der Waals surface area contributed by atoms with Gasteiger partial charge in [-0.15, -0.1) is 0 Å². The van der Waals surface area contributed by atoms with Crippen molar-refractivity contribution in [2.75, 3.05) is 27.2 Å². The highest BCUT2D eigenvalue weighted by atomic mass is 16.5. The molecule has 1 N–H and O–H groups in total. The number of hydrogen-bond acceptors (Lipinski definition) is 5. The summed E-state index contributed by atoms with van der Waals surface area (Å²) in [5.74, 6) is 3.03. The molecule has 0 saturated carbocycles. The molecule has 0 unspecified atom stereocenters. The summed E-state index contributed by atoms with van der Waals surface area (Å²) in [5, 5.41) is 10.9. The number of likely N-dealkylation sites (tertiary alicyclic amines) is 1. The molecule has 1 aliphatic heterocycles. The first-order chi connectivity index (χ1) is 13.1. The molecule has 27 heavy (non-hydrogen) atoms. The summed E-state index contributed by atoms with van der Waals surface area (Å²) in [5.41, 5.74) is 0.280. The molecule has 1 aromatic carbocycles.